The third kappa shape index (κ3) is 11.7. The highest BCUT2D eigenvalue weighted by Gasteiger charge is 2.12. The van der Waals surface area contributed by atoms with E-state index in [1.165, 1.54) is 32.1 Å². The molecular formula is C20H36N4O2S. The smallest absolute Gasteiger partial charge is 0.216 e. The summed E-state index contributed by atoms with van der Waals surface area (Å²) < 4.78 is 26.5. The maximum absolute atomic E-state index is 12.0. The van der Waals surface area contributed by atoms with Crippen molar-refractivity contribution in [3.05, 3.63) is 35.4 Å². The number of aliphatic imine (C=N–C) groups is 1. The van der Waals surface area contributed by atoms with Crippen molar-refractivity contribution in [3.8, 4) is 0 Å². The normalized spacial score (nSPS) is 12.5. The van der Waals surface area contributed by atoms with Gasteiger partial charge < -0.3 is 11.1 Å². The minimum atomic E-state index is -3.30. The molecule has 0 radical (unpaired) electrons. The van der Waals surface area contributed by atoms with E-state index in [2.05, 4.69) is 22.0 Å². The first-order valence-corrected chi connectivity index (χ1v) is 11.6. The predicted octanol–water partition coefficient (Wildman–Crippen LogP) is 3.28. The van der Waals surface area contributed by atoms with Crippen molar-refractivity contribution >= 4 is 16.0 Å². The van der Waals surface area contributed by atoms with Gasteiger partial charge in [0.25, 0.3) is 0 Å². The van der Waals surface area contributed by atoms with Crippen molar-refractivity contribution in [3.63, 3.8) is 0 Å². The maximum Gasteiger partial charge on any atom is 0.216 e. The summed E-state index contributed by atoms with van der Waals surface area (Å²) in [7, 11) is -3.30. The summed E-state index contributed by atoms with van der Waals surface area (Å²) in [6, 6.07) is 7.33. The molecule has 7 heteroatoms. The standard InChI is InChI=1S/C20H36N4O2S/c1-4-5-6-7-8-9-14-22-20(21)23-15-18-10-12-19(13-11-18)16-27(25,26)24-17(2)3/h10-13,17,24H,4-9,14-16H2,1-3H3,(H3,21,22,23). The summed E-state index contributed by atoms with van der Waals surface area (Å²) >= 11 is 0. The molecule has 0 aliphatic rings. The van der Waals surface area contributed by atoms with Gasteiger partial charge in [0.15, 0.2) is 5.96 Å². The van der Waals surface area contributed by atoms with Crippen LogP contribution in [0.25, 0.3) is 0 Å². The van der Waals surface area contributed by atoms with Crippen molar-refractivity contribution in [1.29, 1.82) is 0 Å². The molecule has 0 aliphatic heterocycles. The number of nitrogens with zero attached hydrogens (tertiary/aromatic N) is 1. The largest absolute Gasteiger partial charge is 0.370 e. The molecule has 154 valence electrons. The molecule has 4 N–H and O–H groups in total. The van der Waals surface area contributed by atoms with Crippen LogP contribution in [0, 0.1) is 0 Å². The Hall–Kier alpha value is -1.60. The lowest BCUT2D eigenvalue weighted by molar-refractivity contribution is 0.569. The highest BCUT2D eigenvalue weighted by molar-refractivity contribution is 7.88. The molecular weight excluding hydrogens is 360 g/mol. The van der Waals surface area contributed by atoms with Crippen LogP contribution in [-0.2, 0) is 22.3 Å². The fourth-order valence-electron chi connectivity index (χ4n) is 2.72. The molecule has 1 aromatic carbocycles. The molecule has 0 saturated carbocycles. The van der Waals surface area contributed by atoms with E-state index in [1.807, 2.05) is 38.1 Å². The van der Waals surface area contributed by atoms with Crippen molar-refractivity contribution in [2.24, 2.45) is 10.7 Å². The van der Waals surface area contributed by atoms with Crippen LogP contribution >= 0.6 is 0 Å². The van der Waals surface area contributed by atoms with Gasteiger partial charge in [0.2, 0.25) is 10.0 Å². The van der Waals surface area contributed by atoms with E-state index in [0.29, 0.717) is 12.5 Å². The van der Waals surface area contributed by atoms with E-state index in [-0.39, 0.29) is 11.8 Å². The summed E-state index contributed by atoms with van der Waals surface area (Å²) in [6.45, 7) is 7.17. The van der Waals surface area contributed by atoms with Gasteiger partial charge in [0.05, 0.1) is 12.3 Å². The van der Waals surface area contributed by atoms with E-state index in [9.17, 15) is 8.42 Å². The van der Waals surface area contributed by atoms with Gasteiger partial charge >= 0.3 is 0 Å². The van der Waals surface area contributed by atoms with Gasteiger partial charge in [-0.1, -0.05) is 63.3 Å². The van der Waals surface area contributed by atoms with Crippen LogP contribution < -0.4 is 15.8 Å². The van der Waals surface area contributed by atoms with E-state index in [4.69, 9.17) is 5.73 Å². The highest BCUT2D eigenvalue weighted by atomic mass is 32.2. The molecule has 1 rings (SSSR count). The fraction of sp³-hybridized carbons (Fsp3) is 0.650. The minimum Gasteiger partial charge on any atom is -0.370 e. The average Bonchev–Trinajstić information content (AvgIpc) is 2.59. The Balaban J connectivity index is 2.34. The second kappa shape index (κ2) is 12.7. The van der Waals surface area contributed by atoms with Gasteiger partial charge in [0.1, 0.15) is 0 Å². The number of hydrogen-bond donors (Lipinski definition) is 3. The summed E-state index contributed by atoms with van der Waals surface area (Å²) in [4.78, 5) is 4.34. The van der Waals surface area contributed by atoms with E-state index >= 15 is 0 Å². The lowest BCUT2D eigenvalue weighted by atomic mass is 10.1. The maximum atomic E-state index is 12.0. The molecule has 0 heterocycles. The Morgan fingerprint density at radius 3 is 2.26 bits per heavy atom. The van der Waals surface area contributed by atoms with Gasteiger partial charge in [-0.05, 0) is 31.4 Å². The van der Waals surface area contributed by atoms with Gasteiger partial charge in [-0.15, -0.1) is 0 Å². The molecule has 0 saturated heterocycles. The second-order valence-corrected chi connectivity index (χ2v) is 9.00. The number of benzene rings is 1. The molecule has 1 aromatic rings. The van der Waals surface area contributed by atoms with Gasteiger partial charge in [0, 0.05) is 12.6 Å². The van der Waals surface area contributed by atoms with Crippen molar-refractivity contribution in [2.75, 3.05) is 6.54 Å². The van der Waals surface area contributed by atoms with Crippen molar-refractivity contribution in [1.82, 2.24) is 10.0 Å². The molecule has 0 unspecified atom stereocenters. The highest BCUT2D eigenvalue weighted by Crippen LogP contribution is 2.09. The molecule has 0 bridgehead atoms. The minimum absolute atomic E-state index is 0.0172. The van der Waals surface area contributed by atoms with Crippen LogP contribution in [-0.4, -0.2) is 27.0 Å². The number of sulfonamides is 1. The average molecular weight is 397 g/mol. The molecule has 0 atom stereocenters. The number of nitrogens with one attached hydrogen (secondary N) is 2. The number of unbranched alkanes of at least 4 members (excludes halogenated alkanes) is 5. The number of nitrogens with two attached hydrogens (primary N) is 1. The molecule has 0 fully saturated rings. The molecule has 27 heavy (non-hydrogen) atoms. The Morgan fingerprint density at radius 2 is 1.63 bits per heavy atom. The Kier molecular flexibility index (Phi) is 11.0. The Morgan fingerprint density at radius 1 is 1.04 bits per heavy atom. The van der Waals surface area contributed by atoms with Gasteiger partial charge in [-0.25, -0.2) is 18.1 Å². The molecule has 0 amide bonds. The van der Waals surface area contributed by atoms with Gasteiger partial charge in [-0.2, -0.15) is 0 Å². The molecule has 0 aromatic heterocycles. The second-order valence-electron chi connectivity index (χ2n) is 7.24. The van der Waals surface area contributed by atoms with Crippen LogP contribution in [0.1, 0.15) is 70.4 Å². The van der Waals surface area contributed by atoms with E-state index in [1.54, 1.807) is 0 Å². The van der Waals surface area contributed by atoms with Gasteiger partial charge in [-0.3, -0.25) is 0 Å². The Labute approximate surface area is 165 Å². The SMILES string of the molecule is CCCCCCCCNC(N)=NCc1ccc(CS(=O)(=O)NC(C)C)cc1. The third-order valence-electron chi connectivity index (χ3n) is 4.06. The van der Waals surface area contributed by atoms with Crippen molar-refractivity contribution < 1.29 is 8.42 Å². The van der Waals surface area contributed by atoms with Crippen LogP contribution in [0.5, 0.6) is 0 Å². The number of guanidine groups is 1. The topological polar surface area (TPSA) is 96.6 Å². The fourth-order valence-corrected chi connectivity index (χ4v) is 4.15. The van der Waals surface area contributed by atoms with E-state index in [0.717, 1.165) is 24.1 Å². The molecule has 0 aliphatic carbocycles. The van der Waals surface area contributed by atoms with Crippen LogP contribution in [0.15, 0.2) is 29.3 Å². The third-order valence-corrected chi connectivity index (χ3v) is 5.61. The van der Waals surface area contributed by atoms with Crippen LogP contribution in [0.4, 0.5) is 0 Å². The zero-order valence-corrected chi connectivity index (χ0v) is 17.8. The summed E-state index contributed by atoms with van der Waals surface area (Å²) in [5, 5.41) is 3.14. The predicted molar refractivity (Wildman–Crippen MR) is 114 cm³/mol. The number of hydrogen-bond acceptors (Lipinski definition) is 3. The molecule has 6 nitrogen and oxygen atoms in total. The Bertz CT molecular complexity index is 655. The lowest BCUT2D eigenvalue weighted by Gasteiger charge is -2.10. The monoisotopic (exact) mass is 396 g/mol. The molecule has 0 spiro atoms. The quantitative estimate of drug-likeness (QED) is 0.271. The van der Waals surface area contributed by atoms with E-state index < -0.39 is 10.0 Å². The summed E-state index contributed by atoms with van der Waals surface area (Å²) in [6.07, 6.45) is 7.50. The zero-order chi connectivity index (χ0) is 20.1. The zero-order valence-electron chi connectivity index (χ0n) is 17.0. The summed E-state index contributed by atoms with van der Waals surface area (Å²) in [5.74, 6) is 0.438. The first-order chi connectivity index (χ1) is 12.8. The van der Waals surface area contributed by atoms with Crippen LogP contribution in [0.2, 0.25) is 0 Å². The summed E-state index contributed by atoms with van der Waals surface area (Å²) in [5.41, 5.74) is 7.65. The lowest BCUT2D eigenvalue weighted by Crippen LogP contribution is -2.32. The van der Waals surface area contributed by atoms with Crippen LogP contribution in [0.3, 0.4) is 0 Å². The first-order valence-electron chi connectivity index (χ1n) is 9.94. The number of rotatable bonds is 13. The van der Waals surface area contributed by atoms with Crippen molar-refractivity contribution in [2.45, 2.75) is 77.6 Å². The first kappa shape index (κ1) is 23.4.